The van der Waals surface area contributed by atoms with Gasteiger partial charge in [0.2, 0.25) is 10.0 Å². The number of sulfonamides is 1. The van der Waals surface area contributed by atoms with Crippen LogP contribution in [0.5, 0.6) is 0 Å². The third-order valence-electron chi connectivity index (χ3n) is 3.03. The summed E-state index contributed by atoms with van der Waals surface area (Å²) in [4.78, 5) is -0.303. The highest BCUT2D eigenvalue weighted by molar-refractivity contribution is 7.89. The average molecular weight is 311 g/mol. The Labute approximate surface area is 115 Å². The van der Waals surface area contributed by atoms with Gasteiger partial charge in [-0.3, -0.25) is 0 Å². The van der Waals surface area contributed by atoms with Crippen LogP contribution < -0.4 is 16.2 Å². The van der Waals surface area contributed by atoms with Gasteiger partial charge in [0.15, 0.2) is 0 Å². The maximum atomic E-state index is 12.1. The molecule has 0 aromatic heterocycles. The quantitative estimate of drug-likeness (QED) is 0.739. The Morgan fingerprint density at radius 2 is 1.40 bits per heavy atom. The van der Waals surface area contributed by atoms with Crippen LogP contribution in [0.4, 0.5) is 24.5 Å². The van der Waals surface area contributed by atoms with Gasteiger partial charge in [-0.25, -0.2) is 13.1 Å². The molecular formula is C11H16F3N3O2S. The summed E-state index contributed by atoms with van der Waals surface area (Å²) in [5.74, 6) is 0. The first-order valence-corrected chi connectivity index (χ1v) is 7.08. The number of nitrogen functional groups attached to an aromatic ring is 2. The van der Waals surface area contributed by atoms with Gasteiger partial charge in [0, 0.05) is 11.4 Å². The second-order valence-electron chi connectivity index (χ2n) is 4.47. The van der Waals surface area contributed by atoms with Crippen LogP contribution in [0, 0.1) is 20.8 Å². The maximum Gasteiger partial charge on any atom is 0.402 e. The van der Waals surface area contributed by atoms with E-state index in [2.05, 4.69) is 0 Å². The highest BCUT2D eigenvalue weighted by atomic mass is 32.2. The molecule has 0 spiro atoms. The number of rotatable bonds is 3. The smallest absolute Gasteiger partial charge is 0.398 e. The fraction of sp³-hybridized carbons (Fsp3) is 0.455. The van der Waals surface area contributed by atoms with Crippen molar-refractivity contribution in [3.8, 4) is 0 Å². The van der Waals surface area contributed by atoms with E-state index in [-0.39, 0.29) is 27.4 Å². The summed E-state index contributed by atoms with van der Waals surface area (Å²) in [5, 5.41) is 0. The van der Waals surface area contributed by atoms with E-state index in [1.54, 1.807) is 6.92 Å². The first kappa shape index (κ1) is 16.6. The molecule has 5 nitrogen and oxygen atoms in total. The van der Waals surface area contributed by atoms with Gasteiger partial charge >= 0.3 is 6.18 Å². The fourth-order valence-corrected chi connectivity index (χ4v) is 3.41. The predicted molar refractivity (Wildman–Crippen MR) is 70.7 cm³/mol. The van der Waals surface area contributed by atoms with Crippen molar-refractivity contribution < 1.29 is 21.6 Å². The highest BCUT2D eigenvalue weighted by Gasteiger charge is 2.32. The van der Waals surface area contributed by atoms with E-state index in [1.165, 1.54) is 18.6 Å². The van der Waals surface area contributed by atoms with E-state index in [0.29, 0.717) is 5.56 Å². The summed E-state index contributed by atoms with van der Waals surface area (Å²) in [6, 6.07) is 0. The van der Waals surface area contributed by atoms with Crippen LogP contribution in [-0.2, 0) is 10.0 Å². The van der Waals surface area contributed by atoms with Crippen molar-refractivity contribution in [1.29, 1.82) is 0 Å². The van der Waals surface area contributed by atoms with Gasteiger partial charge in [-0.1, -0.05) is 0 Å². The number of benzene rings is 1. The Kier molecular flexibility index (Phi) is 4.25. The zero-order valence-electron chi connectivity index (χ0n) is 11.2. The Morgan fingerprint density at radius 3 is 1.75 bits per heavy atom. The van der Waals surface area contributed by atoms with Crippen molar-refractivity contribution in [2.45, 2.75) is 31.8 Å². The minimum Gasteiger partial charge on any atom is -0.398 e. The lowest BCUT2D eigenvalue weighted by atomic mass is 10.0. The maximum absolute atomic E-state index is 12.1. The summed E-state index contributed by atoms with van der Waals surface area (Å²) >= 11 is 0. The molecule has 0 radical (unpaired) electrons. The molecule has 9 heteroatoms. The van der Waals surface area contributed by atoms with Gasteiger partial charge in [0.05, 0.1) is 4.90 Å². The molecule has 0 fully saturated rings. The van der Waals surface area contributed by atoms with Crippen LogP contribution in [0.15, 0.2) is 4.90 Å². The fourth-order valence-electron chi connectivity index (χ4n) is 1.89. The summed E-state index contributed by atoms with van der Waals surface area (Å²) < 4.78 is 62.0. The van der Waals surface area contributed by atoms with Gasteiger partial charge in [-0.2, -0.15) is 13.2 Å². The number of hydrogen-bond donors (Lipinski definition) is 3. The number of anilines is 2. The molecule has 0 heterocycles. The zero-order chi connectivity index (χ0) is 15.9. The van der Waals surface area contributed by atoms with Crippen molar-refractivity contribution in [2.24, 2.45) is 0 Å². The van der Waals surface area contributed by atoms with E-state index in [9.17, 15) is 21.6 Å². The molecule has 1 aromatic carbocycles. The molecule has 1 aromatic rings. The number of nitrogens with two attached hydrogens (primary N) is 2. The van der Waals surface area contributed by atoms with Crippen LogP contribution in [0.2, 0.25) is 0 Å². The van der Waals surface area contributed by atoms with Gasteiger partial charge in [-0.15, -0.1) is 0 Å². The van der Waals surface area contributed by atoms with Gasteiger partial charge < -0.3 is 11.5 Å². The van der Waals surface area contributed by atoms with Gasteiger partial charge in [0.25, 0.3) is 0 Å². The lowest BCUT2D eigenvalue weighted by molar-refractivity contribution is -0.121. The van der Waals surface area contributed by atoms with Gasteiger partial charge in [0.1, 0.15) is 6.54 Å². The van der Waals surface area contributed by atoms with Crippen molar-refractivity contribution >= 4 is 21.4 Å². The van der Waals surface area contributed by atoms with Crippen molar-refractivity contribution in [1.82, 2.24) is 4.72 Å². The molecule has 0 atom stereocenters. The van der Waals surface area contributed by atoms with E-state index in [1.807, 2.05) is 0 Å². The van der Waals surface area contributed by atoms with Gasteiger partial charge in [-0.05, 0) is 37.5 Å². The molecule has 0 saturated heterocycles. The van der Waals surface area contributed by atoms with E-state index in [0.717, 1.165) is 0 Å². The molecule has 0 bridgehead atoms. The van der Waals surface area contributed by atoms with Crippen molar-refractivity contribution in [3.63, 3.8) is 0 Å². The number of halogens is 3. The normalized spacial score (nSPS) is 12.7. The van der Waals surface area contributed by atoms with E-state index in [4.69, 9.17) is 11.5 Å². The minimum atomic E-state index is -4.64. The standard InChI is InChI=1S/C11H16F3N3O2S/c1-5-8(15)6(2)10(7(3)9(5)16)20(18,19)17-4-11(12,13)14/h17H,4,15-16H2,1-3H3. The number of hydrogen-bond acceptors (Lipinski definition) is 4. The Balaban J connectivity index is 3.40. The van der Waals surface area contributed by atoms with E-state index < -0.39 is 22.7 Å². The van der Waals surface area contributed by atoms with Crippen LogP contribution in [-0.4, -0.2) is 21.1 Å². The van der Waals surface area contributed by atoms with Crippen molar-refractivity contribution in [2.75, 3.05) is 18.0 Å². The lowest BCUT2D eigenvalue weighted by Gasteiger charge is -2.18. The molecular weight excluding hydrogens is 295 g/mol. The highest BCUT2D eigenvalue weighted by Crippen LogP contribution is 2.33. The summed E-state index contributed by atoms with van der Waals surface area (Å²) in [7, 11) is -4.35. The first-order valence-electron chi connectivity index (χ1n) is 5.59. The third-order valence-corrected chi connectivity index (χ3v) is 4.70. The molecule has 0 unspecified atom stereocenters. The monoisotopic (exact) mass is 311 g/mol. The summed E-state index contributed by atoms with van der Waals surface area (Å²) in [6.45, 7) is 2.82. The Bertz CT molecular complexity index is 610. The summed E-state index contributed by atoms with van der Waals surface area (Å²) in [5.41, 5.74) is 12.7. The molecule has 1 rings (SSSR count). The molecule has 0 aliphatic heterocycles. The molecule has 20 heavy (non-hydrogen) atoms. The molecule has 0 saturated carbocycles. The minimum absolute atomic E-state index is 0.153. The molecule has 0 aliphatic carbocycles. The molecule has 0 amide bonds. The summed E-state index contributed by atoms with van der Waals surface area (Å²) in [6.07, 6.45) is -4.64. The molecule has 5 N–H and O–H groups in total. The number of alkyl halides is 3. The Hall–Kier alpha value is -1.48. The van der Waals surface area contributed by atoms with Crippen LogP contribution in [0.25, 0.3) is 0 Å². The number of nitrogens with one attached hydrogen (secondary N) is 1. The van der Waals surface area contributed by atoms with Crippen LogP contribution in [0.1, 0.15) is 16.7 Å². The predicted octanol–water partition coefficient (Wildman–Crippen LogP) is 1.62. The second-order valence-corrected chi connectivity index (χ2v) is 6.18. The Morgan fingerprint density at radius 1 is 1.00 bits per heavy atom. The largest absolute Gasteiger partial charge is 0.402 e. The van der Waals surface area contributed by atoms with E-state index >= 15 is 0 Å². The average Bonchev–Trinajstić information content (AvgIpc) is 2.31. The zero-order valence-corrected chi connectivity index (χ0v) is 12.0. The molecule has 0 aliphatic rings. The van der Waals surface area contributed by atoms with Crippen LogP contribution >= 0.6 is 0 Å². The molecule has 114 valence electrons. The first-order chi connectivity index (χ1) is 8.88. The van der Waals surface area contributed by atoms with Crippen LogP contribution in [0.3, 0.4) is 0 Å². The second kappa shape index (κ2) is 5.13. The third kappa shape index (κ3) is 3.15. The SMILES string of the molecule is Cc1c(N)c(C)c(S(=O)(=O)NCC(F)(F)F)c(C)c1N. The van der Waals surface area contributed by atoms with Crippen molar-refractivity contribution in [3.05, 3.63) is 16.7 Å². The topological polar surface area (TPSA) is 98.2 Å². The lowest BCUT2D eigenvalue weighted by Crippen LogP contribution is -2.34.